The molecule has 2 heterocycles. The van der Waals surface area contributed by atoms with Crippen molar-refractivity contribution in [2.45, 2.75) is 25.8 Å². The summed E-state index contributed by atoms with van der Waals surface area (Å²) in [4.78, 5) is 11.0. The molecule has 1 aliphatic rings. The van der Waals surface area contributed by atoms with Crippen molar-refractivity contribution in [1.29, 1.82) is 0 Å². The van der Waals surface area contributed by atoms with Gasteiger partial charge in [0.05, 0.1) is 0 Å². The van der Waals surface area contributed by atoms with Crippen LogP contribution in [0.4, 0.5) is 11.6 Å². The number of hydrogen-bond donors (Lipinski definition) is 1. The van der Waals surface area contributed by atoms with Crippen LogP contribution in [-0.2, 0) is 6.54 Å². The predicted octanol–water partition coefficient (Wildman–Crippen LogP) is 3.73. The van der Waals surface area contributed by atoms with E-state index >= 15 is 0 Å². The van der Waals surface area contributed by atoms with Gasteiger partial charge in [0.25, 0.3) is 0 Å². The highest BCUT2D eigenvalue weighted by Crippen LogP contribution is 2.20. The molecule has 0 amide bonds. The van der Waals surface area contributed by atoms with Crippen LogP contribution in [0.25, 0.3) is 0 Å². The first kappa shape index (κ1) is 14.1. The molecule has 3 rings (SSSR count). The molecule has 0 spiro atoms. The Labute approximate surface area is 130 Å². The lowest BCUT2D eigenvalue weighted by molar-refractivity contribution is 0.573. The summed E-state index contributed by atoms with van der Waals surface area (Å²) in [5, 5.41) is 4.09. The standard InChI is InChI=1S/C16H19ClN4/c17-14-7-3-2-6-13(14)11-18-15-10-16(20-12-19-15)21-8-4-1-5-9-21/h2-3,6-7,10,12H,1,4-5,8-9,11H2,(H,18,19,20). The Bertz CT molecular complexity index is 596. The number of nitrogens with one attached hydrogen (secondary N) is 1. The smallest absolute Gasteiger partial charge is 0.134 e. The zero-order valence-corrected chi connectivity index (χ0v) is 12.7. The maximum absolute atomic E-state index is 6.16. The molecule has 4 nitrogen and oxygen atoms in total. The number of rotatable bonds is 4. The van der Waals surface area contributed by atoms with Crippen LogP contribution in [0.3, 0.4) is 0 Å². The van der Waals surface area contributed by atoms with Gasteiger partial charge in [0, 0.05) is 30.7 Å². The van der Waals surface area contributed by atoms with Gasteiger partial charge in [-0.05, 0) is 30.9 Å². The summed E-state index contributed by atoms with van der Waals surface area (Å²) < 4.78 is 0. The quantitative estimate of drug-likeness (QED) is 0.934. The fourth-order valence-electron chi connectivity index (χ4n) is 2.57. The lowest BCUT2D eigenvalue weighted by atomic mass is 10.1. The Hall–Kier alpha value is -1.81. The Morgan fingerprint density at radius 2 is 1.90 bits per heavy atom. The van der Waals surface area contributed by atoms with E-state index in [1.54, 1.807) is 6.33 Å². The molecule has 0 atom stereocenters. The lowest BCUT2D eigenvalue weighted by Crippen LogP contribution is -2.30. The predicted molar refractivity (Wildman–Crippen MR) is 86.9 cm³/mol. The van der Waals surface area contributed by atoms with Gasteiger partial charge < -0.3 is 10.2 Å². The summed E-state index contributed by atoms with van der Waals surface area (Å²) >= 11 is 6.16. The normalized spacial score (nSPS) is 15.0. The van der Waals surface area contributed by atoms with E-state index in [1.807, 2.05) is 30.3 Å². The van der Waals surface area contributed by atoms with Gasteiger partial charge in [-0.25, -0.2) is 9.97 Å². The number of piperidine rings is 1. The van der Waals surface area contributed by atoms with Gasteiger partial charge in [0.2, 0.25) is 0 Å². The number of halogens is 1. The van der Waals surface area contributed by atoms with Crippen molar-refractivity contribution in [2.24, 2.45) is 0 Å². The zero-order chi connectivity index (χ0) is 14.5. The third-order valence-corrected chi connectivity index (χ3v) is 4.12. The minimum Gasteiger partial charge on any atom is -0.366 e. The summed E-state index contributed by atoms with van der Waals surface area (Å²) in [6.45, 7) is 2.83. The second kappa shape index (κ2) is 6.76. The fraction of sp³-hybridized carbons (Fsp3) is 0.375. The molecule has 0 bridgehead atoms. The van der Waals surface area contributed by atoms with Gasteiger partial charge in [-0.15, -0.1) is 0 Å². The molecule has 2 aromatic rings. The van der Waals surface area contributed by atoms with Crippen LogP contribution in [0.2, 0.25) is 5.02 Å². The maximum Gasteiger partial charge on any atom is 0.134 e. The minimum absolute atomic E-state index is 0.663. The zero-order valence-electron chi connectivity index (χ0n) is 11.9. The van der Waals surface area contributed by atoms with E-state index in [9.17, 15) is 0 Å². The summed E-state index contributed by atoms with van der Waals surface area (Å²) in [6.07, 6.45) is 5.43. The lowest BCUT2D eigenvalue weighted by Gasteiger charge is -2.27. The van der Waals surface area contributed by atoms with Gasteiger partial charge in [-0.2, -0.15) is 0 Å². The van der Waals surface area contributed by atoms with Crippen molar-refractivity contribution >= 4 is 23.2 Å². The molecule has 1 aliphatic heterocycles. The molecular weight excluding hydrogens is 284 g/mol. The molecule has 1 saturated heterocycles. The molecule has 0 saturated carbocycles. The minimum atomic E-state index is 0.663. The Balaban J connectivity index is 1.67. The first-order valence-corrected chi connectivity index (χ1v) is 7.75. The van der Waals surface area contributed by atoms with Crippen LogP contribution in [0.15, 0.2) is 36.7 Å². The van der Waals surface area contributed by atoms with Crippen molar-refractivity contribution in [3.63, 3.8) is 0 Å². The molecule has 0 radical (unpaired) electrons. The highest BCUT2D eigenvalue weighted by Gasteiger charge is 2.12. The number of anilines is 2. The second-order valence-corrected chi connectivity index (χ2v) is 5.66. The SMILES string of the molecule is Clc1ccccc1CNc1cc(N2CCCCC2)ncn1. The van der Waals surface area contributed by atoms with Gasteiger partial charge in [0.1, 0.15) is 18.0 Å². The first-order chi connectivity index (χ1) is 10.3. The largest absolute Gasteiger partial charge is 0.366 e. The third-order valence-electron chi connectivity index (χ3n) is 3.75. The van der Waals surface area contributed by atoms with E-state index in [0.717, 1.165) is 35.3 Å². The van der Waals surface area contributed by atoms with Gasteiger partial charge in [-0.1, -0.05) is 29.8 Å². The van der Waals surface area contributed by atoms with Crippen molar-refractivity contribution < 1.29 is 0 Å². The summed E-state index contributed by atoms with van der Waals surface area (Å²) in [5.41, 5.74) is 1.07. The molecule has 5 heteroatoms. The molecule has 1 N–H and O–H groups in total. The number of hydrogen-bond acceptors (Lipinski definition) is 4. The van der Waals surface area contributed by atoms with E-state index in [-0.39, 0.29) is 0 Å². The maximum atomic E-state index is 6.16. The van der Waals surface area contributed by atoms with Crippen LogP contribution < -0.4 is 10.2 Å². The van der Waals surface area contributed by atoms with Crippen LogP contribution in [0.1, 0.15) is 24.8 Å². The van der Waals surface area contributed by atoms with Crippen molar-refractivity contribution in [1.82, 2.24) is 9.97 Å². The van der Waals surface area contributed by atoms with Gasteiger partial charge in [-0.3, -0.25) is 0 Å². The van der Waals surface area contributed by atoms with E-state index in [4.69, 9.17) is 11.6 Å². The average Bonchev–Trinajstić information content (AvgIpc) is 2.55. The van der Waals surface area contributed by atoms with Crippen molar-refractivity contribution in [3.8, 4) is 0 Å². The van der Waals surface area contributed by atoms with Crippen LogP contribution >= 0.6 is 11.6 Å². The van der Waals surface area contributed by atoms with Crippen LogP contribution in [-0.4, -0.2) is 23.1 Å². The average molecular weight is 303 g/mol. The molecule has 0 unspecified atom stereocenters. The van der Waals surface area contributed by atoms with Crippen molar-refractivity contribution in [3.05, 3.63) is 47.2 Å². The Morgan fingerprint density at radius 3 is 2.71 bits per heavy atom. The molecule has 0 aliphatic carbocycles. The van der Waals surface area contributed by atoms with E-state index in [0.29, 0.717) is 6.54 Å². The summed E-state index contributed by atoms with van der Waals surface area (Å²) in [7, 11) is 0. The van der Waals surface area contributed by atoms with Gasteiger partial charge in [0.15, 0.2) is 0 Å². The van der Waals surface area contributed by atoms with E-state index in [2.05, 4.69) is 20.2 Å². The molecule has 110 valence electrons. The van der Waals surface area contributed by atoms with Crippen molar-refractivity contribution in [2.75, 3.05) is 23.3 Å². The second-order valence-electron chi connectivity index (χ2n) is 5.25. The summed E-state index contributed by atoms with van der Waals surface area (Å²) in [6, 6.07) is 9.86. The molecule has 1 fully saturated rings. The molecular formula is C16H19ClN4. The van der Waals surface area contributed by atoms with Crippen LogP contribution in [0, 0.1) is 0 Å². The Morgan fingerprint density at radius 1 is 1.10 bits per heavy atom. The van der Waals surface area contributed by atoms with E-state index < -0.39 is 0 Å². The molecule has 21 heavy (non-hydrogen) atoms. The molecule has 1 aromatic heterocycles. The molecule has 1 aromatic carbocycles. The Kier molecular flexibility index (Phi) is 4.55. The fourth-order valence-corrected chi connectivity index (χ4v) is 2.77. The van der Waals surface area contributed by atoms with E-state index in [1.165, 1.54) is 19.3 Å². The topological polar surface area (TPSA) is 41.0 Å². The number of aromatic nitrogens is 2. The monoisotopic (exact) mass is 302 g/mol. The third kappa shape index (κ3) is 3.64. The number of benzene rings is 1. The van der Waals surface area contributed by atoms with Gasteiger partial charge >= 0.3 is 0 Å². The van der Waals surface area contributed by atoms with Crippen LogP contribution in [0.5, 0.6) is 0 Å². The highest BCUT2D eigenvalue weighted by atomic mass is 35.5. The summed E-state index contributed by atoms with van der Waals surface area (Å²) in [5.74, 6) is 1.84. The first-order valence-electron chi connectivity index (χ1n) is 7.37. The highest BCUT2D eigenvalue weighted by molar-refractivity contribution is 6.31. The number of nitrogens with zero attached hydrogens (tertiary/aromatic N) is 3.